The van der Waals surface area contributed by atoms with E-state index >= 15 is 0 Å². The summed E-state index contributed by atoms with van der Waals surface area (Å²) in [6.45, 7) is 0. The second-order valence-corrected chi connectivity index (χ2v) is 7.54. The van der Waals surface area contributed by atoms with Gasteiger partial charge >= 0.3 is 0 Å². The summed E-state index contributed by atoms with van der Waals surface area (Å²) in [6.07, 6.45) is 1.01. The number of aliphatic hydroxyl groups excluding tert-OH is 1. The molecule has 5 heteroatoms. The van der Waals surface area contributed by atoms with E-state index in [1.54, 1.807) is 0 Å². The van der Waals surface area contributed by atoms with Crippen LogP contribution in [0.1, 0.15) is 41.6 Å². The van der Waals surface area contributed by atoms with E-state index in [4.69, 9.17) is 0 Å². The molecule has 1 heterocycles. The predicted octanol–water partition coefficient (Wildman–Crippen LogP) is 4.42. The Morgan fingerprint density at radius 2 is 1.70 bits per heavy atom. The molecule has 152 valence electrons. The van der Waals surface area contributed by atoms with Crippen LogP contribution in [0.2, 0.25) is 0 Å². The third-order valence-corrected chi connectivity index (χ3v) is 5.43. The molecule has 0 bridgehead atoms. The van der Waals surface area contributed by atoms with Gasteiger partial charge in [0.2, 0.25) is 11.8 Å². The zero-order valence-corrected chi connectivity index (χ0v) is 16.5. The van der Waals surface area contributed by atoms with Gasteiger partial charge in [0.15, 0.2) is 0 Å². The van der Waals surface area contributed by atoms with Gasteiger partial charge in [-0.25, -0.2) is 0 Å². The van der Waals surface area contributed by atoms with E-state index < -0.39 is 12.0 Å². The van der Waals surface area contributed by atoms with Gasteiger partial charge in [0.25, 0.3) is 0 Å². The Labute approximate surface area is 175 Å². The molecule has 0 aromatic heterocycles. The lowest BCUT2D eigenvalue weighted by Crippen LogP contribution is -2.30. The molecular formula is C25H24N2O3. The van der Waals surface area contributed by atoms with Crippen molar-refractivity contribution in [3.8, 4) is 0 Å². The molecule has 0 radical (unpaired) electrons. The van der Waals surface area contributed by atoms with E-state index in [0.29, 0.717) is 17.8 Å². The first-order chi connectivity index (χ1) is 14.6. The monoisotopic (exact) mass is 400 g/mol. The Bertz CT molecular complexity index is 1030. The number of aliphatic hydroxyl groups is 1. The fraction of sp³-hybridized carbons (Fsp3) is 0.200. The maximum absolute atomic E-state index is 12.8. The molecule has 1 aliphatic rings. The van der Waals surface area contributed by atoms with Crippen LogP contribution in [-0.2, 0) is 16.0 Å². The lowest BCUT2D eigenvalue weighted by molar-refractivity contribution is -0.123. The predicted molar refractivity (Wildman–Crippen MR) is 117 cm³/mol. The summed E-state index contributed by atoms with van der Waals surface area (Å²) in [7, 11) is 0. The Balaban J connectivity index is 1.37. The van der Waals surface area contributed by atoms with Crippen molar-refractivity contribution in [2.75, 3.05) is 10.6 Å². The van der Waals surface area contributed by atoms with Gasteiger partial charge in [0.1, 0.15) is 0 Å². The maximum Gasteiger partial charge on any atom is 0.232 e. The van der Waals surface area contributed by atoms with Crippen LogP contribution in [0.25, 0.3) is 0 Å². The highest BCUT2D eigenvalue weighted by Crippen LogP contribution is 2.32. The van der Waals surface area contributed by atoms with Gasteiger partial charge in [-0.1, -0.05) is 60.7 Å². The molecule has 0 saturated heterocycles. The van der Waals surface area contributed by atoms with Gasteiger partial charge in [0, 0.05) is 17.8 Å². The van der Waals surface area contributed by atoms with Crippen molar-refractivity contribution in [3.63, 3.8) is 0 Å². The Hall–Kier alpha value is -3.44. The summed E-state index contributed by atoms with van der Waals surface area (Å²) >= 11 is 0. The smallest absolute Gasteiger partial charge is 0.232 e. The van der Waals surface area contributed by atoms with E-state index in [0.717, 1.165) is 23.1 Å². The van der Waals surface area contributed by atoms with Crippen molar-refractivity contribution in [1.29, 1.82) is 0 Å². The quantitative estimate of drug-likeness (QED) is 0.573. The molecule has 2 atom stereocenters. The van der Waals surface area contributed by atoms with Crippen LogP contribution in [0.15, 0.2) is 78.9 Å². The molecule has 0 saturated carbocycles. The number of amides is 2. The molecular weight excluding hydrogens is 376 g/mol. The Kier molecular flexibility index (Phi) is 5.91. The highest BCUT2D eigenvalue weighted by molar-refractivity contribution is 6.05. The zero-order valence-electron chi connectivity index (χ0n) is 16.5. The molecule has 4 rings (SSSR count). The minimum absolute atomic E-state index is 0.137. The van der Waals surface area contributed by atoms with Gasteiger partial charge in [0.05, 0.1) is 12.0 Å². The fourth-order valence-electron chi connectivity index (χ4n) is 3.77. The van der Waals surface area contributed by atoms with Gasteiger partial charge in [-0.05, 0) is 47.7 Å². The standard InChI is InChI=1S/C25H24N2O3/c28-23(18-6-2-1-3-7-18)15-12-17-10-13-19(14-11-17)26-25(30)21-16-24(29)27-22-9-5-4-8-20(21)22/h1-11,13-14,21,23,28H,12,15-16H2,(H,26,30)(H,27,29)/t21-,23+/m1/s1. The molecule has 0 unspecified atom stereocenters. The topological polar surface area (TPSA) is 78.4 Å². The minimum Gasteiger partial charge on any atom is -0.388 e. The first-order valence-electron chi connectivity index (χ1n) is 10.1. The van der Waals surface area contributed by atoms with Crippen LogP contribution in [0, 0.1) is 0 Å². The molecule has 30 heavy (non-hydrogen) atoms. The van der Waals surface area contributed by atoms with Crippen LogP contribution in [-0.4, -0.2) is 16.9 Å². The van der Waals surface area contributed by atoms with Crippen molar-refractivity contribution < 1.29 is 14.7 Å². The van der Waals surface area contributed by atoms with Gasteiger partial charge in [-0.15, -0.1) is 0 Å². The third-order valence-electron chi connectivity index (χ3n) is 5.43. The number of anilines is 2. The van der Waals surface area contributed by atoms with Crippen LogP contribution in [0.4, 0.5) is 11.4 Å². The molecule has 0 aliphatic carbocycles. The number of aryl methyl sites for hydroxylation is 1. The van der Waals surface area contributed by atoms with Crippen LogP contribution in [0.5, 0.6) is 0 Å². The molecule has 0 fully saturated rings. The Morgan fingerprint density at radius 3 is 2.47 bits per heavy atom. The molecule has 2 amide bonds. The average molecular weight is 400 g/mol. The normalized spacial score (nSPS) is 16.3. The lowest BCUT2D eigenvalue weighted by atomic mass is 9.90. The average Bonchev–Trinajstić information content (AvgIpc) is 2.78. The van der Waals surface area contributed by atoms with Crippen molar-refractivity contribution in [1.82, 2.24) is 0 Å². The molecule has 3 N–H and O–H groups in total. The van der Waals surface area contributed by atoms with Crippen molar-refractivity contribution >= 4 is 23.2 Å². The van der Waals surface area contributed by atoms with E-state index in [2.05, 4.69) is 10.6 Å². The minimum atomic E-state index is -0.504. The molecule has 1 aliphatic heterocycles. The highest BCUT2D eigenvalue weighted by Gasteiger charge is 2.30. The summed E-state index contributed by atoms with van der Waals surface area (Å²) < 4.78 is 0. The molecule has 5 nitrogen and oxygen atoms in total. The second kappa shape index (κ2) is 8.93. The summed E-state index contributed by atoms with van der Waals surface area (Å²) in [4.78, 5) is 24.8. The maximum atomic E-state index is 12.8. The third kappa shape index (κ3) is 4.58. The number of hydrogen-bond donors (Lipinski definition) is 3. The number of benzene rings is 3. The van der Waals surface area contributed by atoms with Crippen LogP contribution < -0.4 is 10.6 Å². The highest BCUT2D eigenvalue weighted by atomic mass is 16.3. The summed E-state index contributed by atoms with van der Waals surface area (Å²) in [5.74, 6) is -0.846. The molecule has 0 spiro atoms. The summed E-state index contributed by atoms with van der Waals surface area (Å²) in [6, 6.07) is 24.6. The van der Waals surface area contributed by atoms with Crippen LogP contribution in [0.3, 0.4) is 0 Å². The van der Waals surface area contributed by atoms with Crippen molar-refractivity contribution in [2.24, 2.45) is 0 Å². The molecule has 3 aromatic carbocycles. The summed E-state index contributed by atoms with van der Waals surface area (Å²) in [5.41, 5.74) is 4.22. The van der Waals surface area contributed by atoms with Crippen LogP contribution >= 0.6 is 0 Å². The second-order valence-electron chi connectivity index (χ2n) is 7.54. The van der Waals surface area contributed by atoms with Gasteiger partial charge < -0.3 is 15.7 Å². The van der Waals surface area contributed by atoms with E-state index in [-0.39, 0.29) is 18.2 Å². The number of carbonyl (C=O) groups is 2. The number of fused-ring (bicyclic) bond motifs is 1. The largest absolute Gasteiger partial charge is 0.388 e. The number of rotatable bonds is 6. The zero-order chi connectivity index (χ0) is 20.9. The lowest BCUT2D eigenvalue weighted by Gasteiger charge is -2.24. The van der Waals surface area contributed by atoms with Crippen molar-refractivity contribution in [2.45, 2.75) is 31.3 Å². The molecule has 3 aromatic rings. The van der Waals surface area contributed by atoms with Gasteiger partial charge in [-0.3, -0.25) is 9.59 Å². The number of hydrogen-bond acceptors (Lipinski definition) is 3. The van der Waals surface area contributed by atoms with E-state index in [1.807, 2.05) is 78.9 Å². The van der Waals surface area contributed by atoms with Crippen molar-refractivity contribution in [3.05, 3.63) is 95.6 Å². The van der Waals surface area contributed by atoms with E-state index in [1.165, 1.54) is 0 Å². The van der Waals surface area contributed by atoms with E-state index in [9.17, 15) is 14.7 Å². The number of carbonyl (C=O) groups excluding carboxylic acids is 2. The SMILES string of the molecule is O=C1C[C@@H](C(=O)Nc2ccc(CC[C@H](O)c3ccccc3)cc2)c2ccccc2N1. The first kappa shape index (κ1) is 19.9. The summed E-state index contributed by atoms with van der Waals surface area (Å²) in [5, 5.41) is 16.0. The number of nitrogens with one attached hydrogen (secondary N) is 2. The number of para-hydroxylation sites is 1. The fourth-order valence-corrected chi connectivity index (χ4v) is 3.77. The van der Waals surface area contributed by atoms with Gasteiger partial charge in [-0.2, -0.15) is 0 Å². The first-order valence-corrected chi connectivity index (χ1v) is 10.1. The Morgan fingerprint density at radius 1 is 1.00 bits per heavy atom.